The third-order valence-electron chi connectivity index (χ3n) is 4.00. The molecule has 2 aliphatic rings. The Kier molecular flexibility index (Phi) is 2.95. The number of aryl methyl sites for hydroxylation is 1. The number of nitrogens with zero attached hydrogens (tertiary/aromatic N) is 1. The molecule has 1 aromatic rings. The van der Waals surface area contributed by atoms with Crippen LogP contribution in [0.2, 0.25) is 0 Å². The smallest absolute Gasteiger partial charge is 0.182 e. The Morgan fingerprint density at radius 3 is 3.00 bits per heavy atom. The molecule has 3 rings (SSSR count). The van der Waals surface area contributed by atoms with Gasteiger partial charge in [0, 0.05) is 0 Å². The molecule has 102 valence electrons. The zero-order valence-corrected chi connectivity index (χ0v) is 10.9. The van der Waals surface area contributed by atoms with E-state index in [9.17, 15) is 9.90 Å². The Balaban J connectivity index is 1.96. The fraction of sp³-hybridized carbons (Fsp3) is 0.500. The number of Topliss-reactive ketones (excluding diaryl/α,β-unsaturated/α-hetero) is 1. The summed E-state index contributed by atoms with van der Waals surface area (Å²) in [6.07, 6.45) is -0.0505. The minimum absolute atomic E-state index is 0.273. The molecule has 1 aliphatic carbocycles. The van der Waals surface area contributed by atoms with Crippen molar-refractivity contribution in [2.45, 2.75) is 31.5 Å². The third-order valence-corrected chi connectivity index (χ3v) is 4.00. The molecule has 0 bridgehead atoms. The highest BCUT2D eigenvalue weighted by Crippen LogP contribution is 2.37. The van der Waals surface area contributed by atoms with Crippen molar-refractivity contribution < 1.29 is 14.6 Å². The van der Waals surface area contributed by atoms with Crippen LogP contribution in [0, 0.1) is 0 Å². The summed E-state index contributed by atoms with van der Waals surface area (Å²) in [4.78, 5) is 13.4. The molecule has 1 fully saturated rings. The van der Waals surface area contributed by atoms with Crippen LogP contribution in [0.4, 0.5) is 5.69 Å². The Morgan fingerprint density at radius 1 is 1.53 bits per heavy atom. The second kappa shape index (κ2) is 4.51. The molecule has 3 N–H and O–H groups in total. The summed E-state index contributed by atoms with van der Waals surface area (Å²) in [5, 5.41) is 9.84. The van der Waals surface area contributed by atoms with Crippen LogP contribution in [0.15, 0.2) is 18.2 Å². The molecule has 1 saturated carbocycles. The maximum atomic E-state index is 11.4. The highest BCUT2D eigenvalue weighted by molar-refractivity contribution is 5.97. The maximum absolute atomic E-state index is 11.4. The molecule has 1 aromatic carbocycles. The lowest BCUT2D eigenvalue weighted by Crippen LogP contribution is -2.72. The van der Waals surface area contributed by atoms with Gasteiger partial charge in [-0.05, 0) is 24.1 Å². The van der Waals surface area contributed by atoms with Crippen molar-refractivity contribution in [3.8, 4) is 5.75 Å². The predicted molar refractivity (Wildman–Crippen MR) is 71.4 cm³/mol. The first-order valence-electron chi connectivity index (χ1n) is 6.63. The molecule has 0 aromatic heterocycles. The summed E-state index contributed by atoms with van der Waals surface area (Å²) in [6, 6.07) is 5.09. The first kappa shape index (κ1) is 12.4. The van der Waals surface area contributed by atoms with Crippen molar-refractivity contribution >= 4 is 11.5 Å². The van der Waals surface area contributed by atoms with E-state index < -0.39 is 12.1 Å². The first-order chi connectivity index (χ1) is 9.13. The third kappa shape index (κ3) is 1.81. The predicted octanol–water partition coefficient (Wildman–Crippen LogP) is 0.0873. The average molecular weight is 262 g/mol. The molecule has 0 radical (unpaired) electrons. The number of ether oxygens (including phenoxy) is 1. The number of ketones is 1. The fourth-order valence-corrected chi connectivity index (χ4v) is 2.79. The van der Waals surface area contributed by atoms with Gasteiger partial charge < -0.3 is 20.5 Å². The summed E-state index contributed by atoms with van der Waals surface area (Å²) in [5.74, 6) is 0.520. The molecular weight excluding hydrogens is 244 g/mol. The van der Waals surface area contributed by atoms with Crippen molar-refractivity contribution in [2.24, 2.45) is 5.73 Å². The number of fused-ring (bicyclic) bond motifs is 1. The maximum Gasteiger partial charge on any atom is 0.182 e. The van der Waals surface area contributed by atoms with E-state index in [0.717, 1.165) is 17.9 Å². The minimum Gasteiger partial charge on any atom is -0.490 e. The van der Waals surface area contributed by atoms with Crippen LogP contribution in [-0.2, 0) is 11.2 Å². The lowest BCUT2D eigenvalue weighted by atomic mass is 9.80. The van der Waals surface area contributed by atoms with Gasteiger partial charge in [-0.25, -0.2) is 0 Å². The molecule has 19 heavy (non-hydrogen) atoms. The van der Waals surface area contributed by atoms with Crippen molar-refractivity contribution in [3.05, 3.63) is 23.8 Å². The monoisotopic (exact) mass is 262 g/mol. The molecular formula is C14H18N2O3. The van der Waals surface area contributed by atoms with Crippen LogP contribution in [0.25, 0.3) is 0 Å². The summed E-state index contributed by atoms with van der Waals surface area (Å²) in [5.41, 5.74) is 7.95. The number of aliphatic hydroxyl groups excluding tert-OH is 1. The van der Waals surface area contributed by atoms with Crippen LogP contribution in [0.3, 0.4) is 0 Å². The van der Waals surface area contributed by atoms with Crippen LogP contribution in [-0.4, -0.2) is 42.2 Å². The molecule has 3 atom stereocenters. The van der Waals surface area contributed by atoms with E-state index >= 15 is 0 Å². The van der Waals surface area contributed by atoms with Crippen molar-refractivity contribution in [1.82, 2.24) is 0 Å². The van der Waals surface area contributed by atoms with Gasteiger partial charge in [0.15, 0.2) is 5.78 Å². The van der Waals surface area contributed by atoms with Gasteiger partial charge in [0.25, 0.3) is 0 Å². The van der Waals surface area contributed by atoms with Gasteiger partial charge in [0.1, 0.15) is 18.5 Å². The normalized spacial score (nSPS) is 29.5. The highest BCUT2D eigenvalue weighted by atomic mass is 16.5. The van der Waals surface area contributed by atoms with Crippen molar-refractivity contribution in [2.75, 3.05) is 18.1 Å². The standard InChI is InChI=1S/C14H18N2O3/c1-2-8-3-4-10-9(7-8)16(5-6-19-10)12-11(15)13(17)14(12)18/h3-4,7,11-12,14,18H,2,5-6,15H2,1H3. The summed E-state index contributed by atoms with van der Waals surface area (Å²) in [7, 11) is 0. The molecule has 0 spiro atoms. The number of anilines is 1. The Bertz CT molecular complexity index is 505. The fourth-order valence-electron chi connectivity index (χ4n) is 2.79. The van der Waals surface area contributed by atoms with Crippen molar-refractivity contribution in [3.63, 3.8) is 0 Å². The van der Waals surface area contributed by atoms with Gasteiger partial charge >= 0.3 is 0 Å². The Hall–Kier alpha value is -1.59. The lowest BCUT2D eigenvalue weighted by Gasteiger charge is -2.47. The van der Waals surface area contributed by atoms with Gasteiger partial charge in [-0.3, -0.25) is 4.79 Å². The van der Waals surface area contributed by atoms with Gasteiger partial charge in [-0.15, -0.1) is 0 Å². The molecule has 5 nitrogen and oxygen atoms in total. The van der Waals surface area contributed by atoms with Crippen LogP contribution in [0.5, 0.6) is 5.75 Å². The molecule has 1 heterocycles. The summed E-state index contributed by atoms with van der Waals surface area (Å²) in [6.45, 7) is 3.27. The number of rotatable bonds is 2. The largest absolute Gasteiger partial charge is 0.490 e. The molecule has 1 aliphatic heterocycles. The Labute approximate surface area is 112 Å². The number of benzene rings is 1. The van der Waals surface area contributed by atoms with Crippen LogP contribution in [0.1, 0.15) is 12.5 Å². The lowest BCUT2D eigenvalue weighted by molar-refractivity contribution is -0.140. The summed E-state index contributed by atoms with van der Waals surface area (Å²) < 4.78 is 5.62. The van der Waals surface area contributed by atoms with Crippen LogP contribution >= 0.6 is 0 Å². The topological polar surface area (TPSA) is 75.8 Å². The van der Waals surface area contributed by atoms with E-state index in [-0.39, 0.29) is 11.8 Å². The molecule has 0 saturated heterocycles. The van der Waals surface area contributed by atoms with Gasteiger partial charge in [-0.2, -0.15) is 0 Å². The summed E-state index contributed by atoms with van der Waals surface area (Å²) >= 11 is 0. The first-order valence-corrected chi connectivity index (χ1v) is 6.63. The number of carbonyl (C=O) groups excluding carboxylic acids is 1. The minimum atomic E-state index is -0.980. The van der Waals surface area contributed by atoms with E-state index in [1.54, 1.807) is 0 Å². The second-order valence-electron chi connectivity index (χ2n) is 5.06. The van der Waals surface area contributed by atoms with E-state index in [0.29, 0.717) is 13.2 Å². The highest BCUT2D eigenvalue weighted by Gasteiger charge is 2.50. The van der Waals surface area contributed by atoms with E-state index in [1.165, 1.54) is 5.56 Å². The number of hydrogen-bond acceptors (Lipinski definition) is 5. The van der Waals surface area contributed by atoms with E-state index in [2.05, 4.69) is 13.0 Å². The number of carbonyl (C=O) groups is 1. The van der Waals surface area contributed by atoms with Gasteiger partial charge in [-0.1, -0.05) is 13.0 Å². The molecule has 3 unspecified atom stereocenters. The number of nitrogens with two attached hydrogens (primary N) is 1. The van der Waals surface area contributed by atoms with Crippen LogP contribution < -0.4 is 15.4 Å². The molecule has 5 heteroatoms. The van der Waals surface area contributed by atoms with Crippen molar-refractivity contribution in [1.29, 1.82) is 0 Å². The zero-order valence-electron chi connectivity index (χ0n) is 10.9. The van der Waals surface area contributed by atoms with Gasteiger partial charge in [0.05, 0.1) is 24.3 Å². The Morgan fingerprint density at radius 2 is 2.32 bits per heavy atom. The number of hydrogen-bond donors (Lipinski definition) is 2. The molecule has 0 amide bonds. The SMILES string of the molecule is CCc1ccc2c(c1)N(C1C(N)C(=O)C1O)CCO2. The van der Waals surface area contributed by atoms with E-state index in [1.807, 2.05) is 17.0 Å². The second-order valence-corrected chi connectivity index (χ2v) is 5.06. The van der Waals surface area contributed by atoms with Gasteiger partial charge in [0.2, 0.25) is 0 Å². The zero-order chi connectivity index (χ0) is 13.6. The quantitative estimate of drug-likeness (QED) is 0.790. The average Bonchev–Trinajstić information content (AvgIpc) is 2.46. The number of aliphatic hydroxyl groups is 1. The van der Waals surface area contributed by atoms with E-state index in [4.69, 9.17) is 10.5 Å².